The second-order valence-corrected chi connectivity index (χ2v) is 14.0. The molecule has 0 aliphatic carbocycles. The number of anilines is 3. The maximum absolute atomic E-state index is 14.3. The standard InChI is InChI=1S/C38H44F2N4O4/c1-24-31(34(36(45)46)48-37(2,3)4)33(44-20-17-38(5,6)18-21-44)32(35(42-24)43-30-23-28(40)15-19-41-30)26-9-13-29(14-10-26)47-22-16-25-7-11-27(39)12-8-25/h7-15,19,23,34H,16-18,20-22H2,1-6H3,(H,45,46)(H,41,42,43). The third-order valence-corrected chi connectivity index (χ3v) is 8.47. The molecular formula is C38H44F2N4O4. The third-order valence-electron chi connectivity index (χ3n) is 8.47. The number of nitrogens with one attached hydrogen (secondary N) is 1. The maximum atomic E-state index is 14.3. The van der Waals surface area contributed by atoms with E-state index in [2.05, 4.69) is 29.0 Å². The number of carbonyl (C=O) groups is 1. The van der Waals surface area contributed by atoms with Gasteiger partial charge in [-0.2, -0.15) is 0 Å². The van der Waals surface area contributed by atoms with Crippen molar-refractivity contribution in [3.8, 4) is 16.9 Å². The molecule has 254 valence electrons. The summed E-state index contributed by atoms with van der Waals surface area (Å²) in [7, 11) is 0. The van der Waals surface area contributed by atoms with Crippen LogP contribution in [0.2, 0.25) is 0 Å². The summed E-state index contributed by atoms with van der Waals surface area (Å²) in [5.74, 6) is -0.520. The summed E-state index contributed by atoms with van der Waals surface area (Å²) in [5.41, 5.74) is 3.42. The van der Waals surface area contributed by atoms with Gasteiger partial charge in [0.2, 0.25) is 0 Å². The van der Waals surface area contributed by atoms with Crippen LogP contribution in [0, 0.1) is 24.0 Å². The number of carboxylic acid groups (broad SMARTS) is 1. The molecule has 0 bridgehead atoms. The average molecular weight is 659 g/mol. The monoisotopic (exact) mass is 658 g/mol. The molecule has 0 radical (unpaired) electrons. The van der Waals surface area contributed by atoms with Crippen molar-refractivity contribution < 1.29 is 28.2 Å². The lowest BCUT2D eigenvalue weighted by atomic mass is 9.82. The van der Waals surface area contributed by atoms with Gasteiger partial charge < -0.3 is 24.8 Å². The number of halogens is 2. The molecule has 2 aromatic heterocycles. The van der Waals surface area contributed by atoms with Crippen molar-refractivity contribution in [2.45, 2.75) is 72.5 Å². The molecular weight excluding hydrogens is 614 g/mol. The fraction of sp³-hybridized carbons (Fsp3) is 0.395. The van der Waals surface area contributed by atoms with Crippen LogP contribution >= 0.6 is 0 Å². The molecule has 1 fully saturated rings. The highest BCUT2D eigenvalue weighted by Crippen LogP contribution is 2.47. The number of hydrogen-bond acceptors (Lipinski definition) is 7. The number of ether oxygens (including phenoxy) is 2. The molecule has 10 heteroatoms. The number of pyridine rings is 2. The Labute approximate surface area is 281 Å². The SMILES string of the molecule is Cc1nc(Nc2cc(F)ccn2)c(-c2ccc(OCCc3ccc(F)cc3)cc2)c(N2CCC(C)(C)CC2)c1C(OC(C)(C)C)C(=O)O. The van der Waals surface area contributed by atoms with E-state index in [1.54, 1.807) is 19.1 Å². The first-order valence-corrected chi connectivity index (χ1v) is 16.3. The summed E-state index contributed by atoms with van der Waals surface area (Å²) in [4.78, 5) is 24.4. The van der Waals surface area contributed by atoms with Crippen LogP contribution in [-0.2, 0) is 16.0 Å². The van der Waals surface area contributed by atoms with Gasteiger partial charge in [-0.1, -0.05) is 38.1 Å². The normalized spacial score (nSPS) is 15.2. The fourth-order valence-electron chi connectivity index (χ4n) is 5.88. The molecule has 1 saturated heterocycles. The van der Waals surface area contributed by atoms with E-state index >= 15 is 0 Å². The molecule has 1 aliphatic rings. The van der Waals surface area contributed by atoms with Crippen LogP contribution in [-0.4, -0.2) is 46.3 Å². The molecule has 48 heavy (non-hydrogen) atoms. The number of aliphatic carboxylic acids is 1. The number of rotatable bonds is 11. The number of piperidine rings is 1. The Balaban J connectivity index is 1.63. The lowest BCUT2D eigenvalue weighted by Crippen LogP contribution is -2.39. The molecule has 2 aromatic carbocycles. The second kappa shape index (κ2) is 14.3. The van der Waals surface area contributed by atoms with Gasteiger partial charge in [0.05, 0.1) is 17.9 Å². The van der Waals surface area contributed by atoms with Gasteiger partial charge in [0, 0.05) is 48.6 Å². The Bertz CT molecular complexity index is 1730. The number of aromatic nitrogens is 2. The van der Waals surface area contributed by atoms with Crippen molar-refractivity contribution in [3.63, 3.8) is 0 Å². The highest BCUT2D eigenvalue weighted by molar-refractivity contribution is 5.93. The van der Waals surface area contributed by atoms with Crippen LogP contribution in [0.4, 0.5) is 26.1 Å². The minimum absolute atomic E-state index is 0.131. The molecule has 5 rings (SSSR count). The number of hydrogen-bond donors (Lipinski definition) is 2. The quantitative estimate of drug-likeness (QED) is 0.165. The van der Waals surface area contributed by atoms with E-state index < -0.39 is 23.5 Å². The number of benzene rings is 2. The van der Waals surface area contributed by atoms with Crippen LogP contribution in [0.15, 0.2) is 66.9 Å². The van der Waals surface area contributed by atoms with E-state index in [1.807, 2.05) is 45.0 Å². The zero-order chi connectivity index (χ0) is 34.6. The first kappa shape index (κ1) is 34.8. The lowest BCUT2D eigenvalue weighted by Gasteiger charge is -2.41. The van der Waals surface area contributed by atoms with Gasteiger partial charge in [-0.05, 0) is 87.4 Å². The van der Waals surface area contributed by atoms with E-state index in [1.165, 1.54) is 30.5 Å². The van der Waals surface area contributed by atoms with E-state index in [0.29, 0.717) is 60.2 Å². The first-order chi connectivity index (χ1) is 22.7. The Morgan fingerprint density at radius 1 is 1.02 bits per heavy atom. The van der Waals surface area contributed by atoms with Crippen LogP contribution < -0.4 is 15.0 Å². The molecule has 1 aliphatic heterocycles. The van der Waals surface area contributed by atoms with E-state index in [0.717, 1.165) is 24.0 Å². The largest absolute Gasteiger partial charge is 0.493 e. The van der Waals surface area contributed by atoms with Gasteiger partial charge in [-0.15, -0.1) is 0 Å². The zero-order valence-corrected chi connectivity index (χ0v) is 28.4. The minimum atomic E-state index is -1.29. The number of aryl methyl sites for hydroxylation is 1. The van der Waals surface area contributed by atoms with E-state index in [4.69, 9.17) is 14.5 Å². The van der Waals surface area contributed by atoms with Gasteiger partial charge >= 0.3 is 5.97 Å². The fourth-order valence-corrected chi connectivity index (χ4v) is 5.88. The highest BCUT2D eigenvalue weighted by Gasteiger charge is 2.37. The second-order valence-electron chi connectivity index (χ2n) is 14.0. The van der Waals surface area contributed by atoms with Gasteiger partial charge in [0.25, 0.3) is 0 Å². The summed E-state index contributed by atoms with van der Waals surface area (Å²) in [6.45, 7) is 13.5. The van der Waals surface area contributed by atoms with Crippen LogP contribution in [0.1, 0.15) is 70.4 Å². The Morgan fingerprint density at radius 3 is 2.29 bits per heavy atom. The molecule has 0 spiro atoms. The minimum Gasteiger partial charge on any atom is -0.493 e. The van der Waals surface area contributed by atoms with E-state index in [9.17, 15) is 18.7 Å². The smallest absolute Gasteiger partial charge is 0.337 e. The summed E-state index contributed by atoms with van der Waals surface area (Å²) in [6, 6.07) is 16.4. The zero-order valence-electron chi connectivity index (χ0n) is 28.4. The maximum Gasteiger partial charge on any atom is 0.337 e. The lowest BCUT2D eigenvalue weighted by molar-refractivity contribution is -0.160. The molecule has 0 amide bonds. The highest BCUT2D eigenvalue weighted by atomic mass is 19.1. The third kappa shape index (κ3) is 8.66. The van der Waals surface area contributed by atoms with Crippen molar-refractivity contribution in [2.24, 2.45) is 5.41 Å². The van der Waals surface area contributed by atoms with Crippen LogP contribution in [0.3, 0.4) is 0 Å². The number of nitrogens with zero attached hydrogens (tertiary/aromatic N) is 3. The van der Waals surface area contributed by atoms with Crippen LogP contribution in [0.25, 0.3) is 11.1 Å². The number of carboxylic acids is 1. The molecule has 1 atom stereocenters. The van der Waals surface area contributed by atoms with Gasteiger partial charge in [0.1, 0.15) is 29.0 Å². The van der Waals surface area contributed by atoms with Gasteiger partial charge in [-0.25, -0.2) is 23.5 Å². The van der Waals surface area contributed by atoms with E-state index in [-0.39, 0.29) is 17.1 Å². The summed E-state index contributed by atoms with van der Waals surface area (Å²) < 4.78 is 39.8. The predicted molar refractivity (Wildman–Crippen MR) is 184 cm³/mol. The van der Waals surface area contributed by atoms with Crippen molar-refractivity contribution in [2.75, 3.05) is 29.9 Å². The Hall–Kier alpha value is -4.57. The summed E-state index contributed by atoms with van der Waals surface area (Å²) in [5, 5.41) is 13.8. The topological polar surface area (TPSA) is 96.8 Å². The van der Waals surface area contributed by atoms with Crippen molar-refractivity contribution in [1.29, 1.82) is 0 Å². The summed E-state index contributed by atoms with van der Waals surface area (Å²) >= 11 is 0. The first-order valence-electron chi connectivity index (χ1n) is 16.3. The average Bonchev–Trinajstić information content (AvgIpc) is 3.01. The predicted octanol–water partition coefficient (Wildman–Crippen LogP) is 8.66. The van der Waals surface area contributed by atoms with Gasteiger partial charge in [-0.3, -0.25) is 0 Å². The molecule has 8 nitrogen and oxygen atoms in total. The van der Waals surface area contributed by atoms with Crippen molar-refractivity contribution in [1.82, 2.24) is 9.97 Å². The van der Waals surface area contributed by atoms with Crippen LogP contribution in [0.5, 0.6) is 5.75 Å². The molecule has 1 unspecified atom stereocenters. The molecule has 3 heterocycles. The van der Waals surface area contributed by atoms with Crippen molar-refractivity contribution >= 4 is 23.3 Å². The van der Waals surface area contributed by atoms with Crippen molar-refractivity contribution in [3.05, 3.63) is 95.3 Å². The molecule has 2 N–H and O–H groups in total. The molecule has 0 saturated carbocycles. The Morgan fingerprint density at radius 2 is 1.69 bits per heavy atom. The van der Waals surface area contributed by atoms with Gasteiger partial charge in [0.15, 0.2) is 6.10 Å². The summed E-state index contributed by atoms with van der Waals surface area (Å²) in [6.07, 6.45) is 2.50. The molecule has 4 aromatic rings. The Kier molecular flexibility index (Phi) is 10.3.